The van der Waals surface area contributed by atoms with Crippen molar-refractivity contribution in [1.82, 2.24) is 0 Å². The number of hydrogen-bond acceptors (Lipinski definition) is 5. The third kappa shape index (κ3) is 2.72. The maximum absolute atomic E-state index is 12.1. The highest BCUT2D eigenvalue weighted by Crippen LogP contribution is 2.39. The second-order valence-electron chi connectivity index (χ2n) is 5.57. The molecule has 2 aromatic carbocycles. The number of ether oxygens (including phenoxy) is 1. The average molecular weight is 319 g/mol. The topological polar surface area (TPSA) is 89.6 Å². The van der Waals surface area contributed by atoms with Gasteiger partial charge in [0.15, 0.2) is 9.84 Å². The summed E-state index contributed by atoms with van der Waals surface area (Å²) in [4.78, 5) is 0.0286. The molecule has 0 radical (unpaired) electrons. The Morgan fingerprint density at radius 3 is 2.55 bits per heavy atom. The van der Waals surface area contributed by atoms with E-state index >= 15 is 0 Å². The molecule has 0 aliphatic heterocycles. The van der Waals surface area contributed by atoms with Crippen LogP contribution in [0, 0.1) is 0 Å². The summed E-state index contributed by atoms with van der Waals surface area (Å²) in [5.41, 5.74) is 5.60. The van der Waals surface area contributed by atoms with Crippen molar-refractivity contribution in [2.75, 3.05) is 6.26 Å². The van der Waals surface area contributed by atoms with Gasteiger partial charge in [0.05, 0.1) is 0 Å². The second-order valence-corrected chi connectivity index (χ2v) is 7.55. The second kappa shape index (κ2) is 5.08. The monoisotopic (exact) mass is 319 g/mol. The number of fused-ring (bicyclic) bond motifs is 1. The van der Waals surface area contributed by atoms with Crippen LogP contribution in [0.25, 0.3) is 0 Å². The molecule has 0 aromatic heterocycles. The smallest absolute Gasteiger partial charge is 0.179 e. The third-order valence-corrected chi connectivity index (χ3v) is 4.90. The molecule has 1 unspecified atom stereocenters. The SMILES string of the molecule is CS(=O)(=O)c1cc2c(cc1Oc1ccccc1)CCC2(N)O. The summed E-state index contributed by atoms with van der Waals surface area (Å²) in [5.74, 6) is 0.804. The molecule has 0 fully saturated rings. The molecule has 5 nitrogen and oxygen atoms in total. The molecule has 22 heavy (non-hydrogen) atoms. The Morgan fingerprint density at radius 2 is 1.91 bits per heavy atom. The van der Waals surface area contributed by atoms with Crippen LogP contribution in [-0.4, -0.2) is 19.8 Å². The first-order valence-corrected chi connectivity index (χ1v) is 8.78. The van der Waals surface area contributed by atoms with Crippen LogP contribution in [0.15, 0.2) is 47.4 Å². The van der Waals surface area contributed by atoms with Crippen molar-refractivity contribution in [3.8, 4) is 11.5 Å². The number of sulfone groups is 1. The Bertz CT molecular complexity index is 814. The summed E-state index contributed by atoms with van der Waals surface area (Å²) in [5, 5.41) is 10.2. The van der Waals surface area contributed by atoms with E-state index in [2.05, 4.69) is 0 Å². The molecule has 2 aromatic rings. The molecule has 0 saturated heterocycles. The van der Waals surface area contributed by atoms with Crippen molar-refractivity contribution in [2.45, 2.75) is 23.5 Å². The van der Waals surface area contributed by atoms with E-state index in [0.717, 1.165) is 11.8 Å². The molecule has 0 heterocycles. The minimum atomic E-state index is -3.52. The van der Waals surface area contributed by atoms with Crippen molar-refractivity contribution in [1.29, 1.82) is 0 Å². The van der Waals surface area contributed by atoms with Gasteiger partial charge in [-0.3, -0.25) is 5.73 Å². The number of hydrogen-bond donors (Lipinski definition) is 2. The molecule has 0 amide bonds. The molecular formula is C16H17NO4S. The van der Waals surface area contributed by atoms with E-state index in [1.165, 1.54) is 6.07 Å². The molecule has 0 saturated carbocycles. The summed E-state index contributed by atoms with van der Waals surface area (Å²) in [6.07, 6.45) is 2.05. The summed E-state index contributed by atoms with van der Waals surface area (Å²) in [7, 11) is -3.52. The number of rotatable bonds is 3. The zero-order chi connectivity index (χ0) is 16.0. The first-order chi connectivity index (χ1) is 10.3. The standard InChI is InChI=1S/C16H17NO4S/c1-22(19,20)15-10-13-11(7-8-16(13,17)18)9-14(15)21-12-5-3-2-4-6-12/h2-6,9-10,18H,7-8,17H2,1H3. The first-order valence-electron chi connectivity index (χ1n) is 6.89. The Hall–Kier alpha value is -1.89. The normalized spacial score (nSPS) is 20.7. The number of nitrogens with two attached hydrogens (primary N) is 1. The molecular weight excluding hydrogens is 302 g/mol. The van der Waals surface area contributed by atoms with Crippen LogP contribution in [0.4, 0.5) is 0 Å². The van der Waals surface area contributed by atoms with Gasteiger partial charge in [-0.25, -0.2) is 8.42 Å². The molecule has 1 atom stereocenters. The van der Waals surface area contributed by atoms with Crippen LogP contribution in [0.1, 0.15) is 17.5 Å². The number of aryl methyl sites for hydroxylation is 1. The van der Waals surface area contributed by atoms with Crippen molar-refractivity contribution in [3.63, 3.8) is 0 Å². The number of benzene rings is 2. The molecule has 3 rings (SSSR count). The Morgan fingerprint density at radius 1 is 1.23 bits per heavy atom. The minimum Gasteiger partial charge on any atom is -0.456 e. The molecule has 1 aliphatic carbocycles. The fourth-order valence-electron chi connectivity index (χ4n) is 2.66. The van der Waals surface area contributed by atoms with E-state index in [-0.39, 0.29) is 10.6 Å². The zero-order valence-electron chi connectivity index (χ0n) is 12.1. The molecule has 116 valence electrons. The lowest BCUT2D eigenvalue weighted by Gasteiger charge is -2.19. The van der Waals surface area contributed by atoms with Crippen LogP contribution in [0.5, 0.6) is 11.5 Å². The minimum absolute atomic E-state index is 0.0286. The summed E-state index contributed by atoms with van der Waals surface area (Å²) in [6, 6.07) is 12.0. The largest absolute Gasteiger partial charge is 0.456 e. The van der Waals surface area contributed by atoms with Gasteiger partial charge in [0.25, 0.3) is 0 Å². The van der Waals surface area contributed by atoms with Crippen LogP contribution >= 0.6 is 0 Å². The van der Waals surface area contributed by atoms with Gasteiger partial charge in [-0.2, -0.15) is 0 Å². The lowest BCUT2D eigenvalue weighted by atomic mass is 10.1. The quantitative estimate of drug-likeness (QED) is 0.844. The number of aliphatic hydroxyl groups is 1. The van der Waals surface area contributed by atoms with E-state index in [1.54, 1.807) is 30.3 Å². The van der Waals surface area contributed by atoms with Crippen LogP contribution in [0.2, 0.25) is 0 Å². The van der Waals surface area contributed by atoms with Gasteiger partial charge in [0.1, 0.15) is 22.1 Å². The van der Waals surface area contributed by atoms with Crippen molar-refractivity contribution >= 4 is 9.84 Å². The summed E-state index contributed by atoms with van der Waals surface area (Å²) >= 11 is 0. The van der Waals surface area contributed by atoms with Crippen LogP contribution in [0.3, 0.4) is 0 Å². The third-order valence-electron chi connectivity index (χ3n) is 3.78. The molecule has 0 spiro atoms. The maximum atomic E-state index is 12.1. The lowest BCUT2D eigenvalue weighted by molar-refractivity contribution is 0.0456. The number of para-hydroxylation sites is 1. The van der Waals surface area contributed by atoms with Crippen molar-refractivity contribution in [2.24, 2.45) is 5.73 Å². The highest BCUT2D eigenvalue weighted by molar-refractivity contribution is 7.90. The van der Waals surface area contributed by atoms with E-state index in [0.29, 0.717) is 24.2 Å². The highest BCUT2D eigenvalue weighted by Gasteiger charge is 2.35. The van der Waals surface area contributed by atoms with Gasteiger partial charge >= 0.3 is 0 Å². The predicted molar refractivity (Wildman–Crippen MR) is 82.5 cm³/mol. The summed E-state index contributed by atoms with van der Waals surface area (Å²) in [6.45, 7) is 0. The highest BCUT2D eigenvalue weighted by atomic mass is 32.2. The van der Waals surface area contributed by atoms with Gasteiger partial charge in [0, 0.05) is 11.8 Å². The van der Waals surface area contributed by atoms with Gasteiger partial charge in [0.2, 0.25) is 0 Å². The lowest BCUT2D eigenvalue weighted by Crippen LogP contribution is -2.33. The Kier molecular flexibility index (Phi) is 3.47. The summed E-state index contributed by atoms with van der Waals surface area (Å²) < 4.78 is 29.8. The van der Waals surface area contributed by atoms with Gasteiger partial charge in [-0.1, -0.05) is 18.2 Å². The fraction of sp³-hybridized carbons (Fsp3) is 0.250. The van der Waals surface area contributed by atoms with Gasteiger partial charge in [-0.05, 0) is 42.7 Å². The average Bonchev–Trinajstić information content (AvgIpc) is 2.73. The predicted octanol–water partition coefficient (Wildman–Crippen LogP) is 1.93. The van der Waals surface area contributed by atoms with E-state index in [1.807, 2.05) is 6.07 Å². The molecule has 6 heteroatoms. The molecule has 3 N–H and O–H groups in total. The maximum Gasteiger partial charge on any atom is 0.179 e. The van der Waals surface area contributed by atoms with Gasteiger partial charge < -0.3 is 9.84 Å². The Labute approximate surface area is 129 Å². The van der Waals surface area contributed by atoms with Crippen LogP contribution in [-0.2, 0) is 22.0 Å². The van der Waals surface area contributed by atoms with E-state index in [4.69, 9.17) is 10.5 Å². The van der Waals surface area contributed by atoms with Crippen molar-refractivity contribution < 1.29 is 18.3 Å². The van der Waals surface area contributed by atoms with E-state index < -0.39 is 15.6 Å². The van der Waals surface area contributed by atoms with Gasteiger partial charge in [-0.15, -0.1) is 0 Å². The molecule has 1 aliphatic rings. The van der Waals surface area contributed by atoms with Crippen molar-refractivity contribution in [3.05, 3.63) is 53.6 Å². The van der Waals surface area contributed by atoms with E-state index in [9.17, 15) is 13.5 Å². The first kappa shape index (κ1) is 15.0. The zero-order valence-corrected chi connectivity index (χ0v) is 12.9. The van der Waals surface area contributed by atoms with Crippen LogP contribution < -0.4 is 10.5 Å². The fourth-order valence-corrected chi connectivity index (χ4v) is 3.45. The Balaban J connectivity index is 2.14. The molecule has 0 bridgehead atoms.